The second-order valence-corrected chi connectivity index (χ2v) is 6.46. The predicted octanol–water partition coefficient (Wildman–Crippen LogP) is 1.63. The maximum absolute atomic E-state index is 11.5. The maximum Gasteiger partial charge on any atom is 0.136 e. The minimum absolute atomic E-state index is 0.182. The number of hydrogen-bond acceptors (Lipinski definition) is 3. The first-order chi connectivity index (χ1) is 7.97. The van der Waals surface area contributed by atoms with Gasteiger partial charge in [-0.2, -0.15) is 0 Å². The van der Waals surface area contributed by atoms with Gasteiger partial charge in [-0.1, -0.05) is 13.8 Å². The molecule has 0 unspecified atom stereocenters. The first kappa shape index (κ1) is 13.0. The normalized spacial score (nSPS) is 23.9. The van der Waals surface area contributed by atoms with Gasteiger partial charge >= 0.3 is 0 Å². The molecule has 0 aromatic rings. The van der Waals surface area contributed by atoms with E-state index in [4.69, 9.17) is 0 Å². The van der Waals surface area contributed by atoms with Crippen LogP contribution in [0.25, 0.3) is 0 Å². The molecule has 1 saturated heterocycles. The molecule has 1 aliphatic carbocycles. The fourth-order valence-electron chi connectivity index (χ4n) is 2.47. The van der Waals surface area contributed by atoms with E-state index in [1.54, 1.807) is 6.92 Å². The van der Waals surface area contributed by atoms with Crippen LogP contribution in [0.5, 0.6) is 0 Å². The summed E-state index contributed by atoms with van der Waals surface area (Å²) in [5, 5.41) is 0. The number of nitrogens with zero attached hydrogens (tertiary/aromatic N) is 2. The van der Waals surface area contributed by atoms with Crippen molar-refractivity contribution < 1.29 is 4.79 Å². The van der Waals surface area contributed by atoms with Gasteiger partial charge in [-0.3, -0.25) is 9.69 Å². The van der Waals surface area contributed by atoms with Gasteiger partial charge < -0.3 is 4.90 Å². The third-order valence-electron chi connectivity index (χ3n) is 4.25. The molecule has 2 rings (SSSR count). The molecule has 0 N–H and O–H groups in total. The van der Waals surface area contributed by atoms with Crippen molar-refractivity contribution in [1.29, 1.82) is 0 Å². The van der Waals surface area contributed by atoms with E-state index in [2.05, 4.69) is 23.6 Å². The van der Waals surface area contributed by atoms with Gasteiger partial charge in [0.2, 0.25) is 0 Å². The Bertz CT molecular complexity index is 276. The van der Waals surface area contributed by atoms with Crippen LogP contribution in [-0.2, 0) is 4.79 Å². The molecule has 0 radical (unpaired) electrons. The van der Waals surface area contributed by atoms with E-state index in [0.717, 1.165) is 25.6 Å². The first-order valence-corrected chi connectivity index (χ1v) is 6.93. The smallest absolute Gasteiger partial charge is 0.136 e. The number of Topliss-reactive ketones (excluding diaryl/α,β-unsaturated/α-hetero) is 1. The Labute approximate surface area is 105 Å². The average molecular weight is 238 g/mol. The number of carbonyl (C=O) groups is 1. The third-order valence-corrected chi connectivity index (χ3v) is 4.25. The van der Waals surface area contributed by atoms with Crippen molar-refractivity contribution in [1.82, 2.24) is 9.80 Å². The Kier molecular flexibility index (Phi) is 3.88. The van der Waals surface area contributed by atoms with Crippen LogP contribution >= 0.6 is 0 Å². The molecule has 17 heavy (non-hydrogen) atoms. The maximum atomic E-state index is 11.5. The molecule has 2 aliphatic rings. The number of piperazine rings is 1. The minimum atomic E-state index is -0.182. The number of rotatable bonds is 5. The van der Waals surface area contributed by atoms with Crippen LogP contribution < -0.4 is 0 Å². The van der Waals surface area contributed by atoms with Crippen LogP contribution in [0.15, 0.2) is 0 Å². The molecular formula is C14H26N2O. The fourth-order valence-corrected chi connectivity index (χ4v) is 2.47. The lowest BCUT2D eigenvalue weighted by Gasteiger charge is -2.38. The molecule has 0 bridgehead atoms. The lowest BCUT2D eigenvalue weighted by atomic mass is 9.88. The summed E-state index contributed by atoms with van der Waals surface area (Å²) in [5.74, 6) is 1.30. The van der Waals surface area contributed by atoms with Gasteiger partial charge in [0.15, 0.2) is 0 Å². The Hall–Kier alpha value is -0.410. The van der Waals surface area contributed by atoms with Crippen LogP contribution in [0.3, 0.4) is 0 Å². The number of hydrogen-bond donors (Lipinski definition) is 0. The van der Waals surface area contributed by atoms with Gasteiger partial charge in [0.25, 0.3) is 0 Å². The SMILES string of the molecule is CC(=O)C(C)(C)CN1CCN(CC2CC2)CC1. The van der Waals surface area contributed by atoms with Crippen molar-refractivity contribution in [2.24, 2.45) is 11.3 Å². The summed E-state index contributed by atoms with van der Waals surface area (Å²) in [6.07, 6.45) is 2.88. The molecule has 1 saturated carbocycles. The predicted molar refractivity (Wildman–Crippen MR) is 70.1 cm³/mol. The van der Waals surface area contributed by atoms with E-state index in [1.165, 1.54) is 32.5 Å². The average Bonchev–Trinajstić information content (AvgIpc) is 3.04. The van der Waals surface area contributed by atoms with E-state index in [1.807, 2.05) is 0 Å². The van der Waals surface area contributed by atoms with E-state index in [0.29, 0.717) is 5.78 Å². The zero-order chi connectivity index (χ0) is 12.5. The lowest BCUT2D eigenvalue weighted by Crippen LogP contribution is -2.50. The molecule has 2 fully saturated rings. The molecule has 0 amide bonds. The molecule has 0 aromatic carbocycles. The third kappa shape index (κ3) is 3.78. The van der Waals surface area contributed by atoms with Crippen molar-refractivity contribution >= 4 is 5.78 Å². The minimum Gasteiger partial charge on any atom is -0.301 e. The zero-order valence-electron chi connectivity index (χ0n) is 11.5. The van der Waals surface area contributed by atoms with E-state index in [9.17, 15) is 4.79 Å². The lowest BCUT2D eigenvalue weighted by molar-refractivity contribution is -0.126. The van der Waals surface area contributed by atoms with Crippen molar-refractivity contribution in [3.05, 3.63) is 0 Å². The second-order valence-electron chi connectivity index (χ2n) is 6.46. The number of ketones is 1. The molecular weight excluding hydrogens is 212 g/mol. The van der Waals surface area contributed by atoms with E-state index >= 15 is 0 Å². The highest BCUT2D eigenvalue weighted by atomic mass is 16.1. The summed E-state index contributed by atoms with van der Waals surface area (Å²) >= 11 is 0. The summed E-state index contributed by atoms with van der Waals surface area (Å²) < 4.78 is 0. The topological polar surface area (TPSA) is 23.6 Å². The second kappa shape index (κ2) is 5.07. The van der Waals surface area contributed by atoms with Gasteiger partial charge in [-0.15, -0.1) is 0 Å². The van der Waals surface area contributed by atoms with Crippen molar-refractivity contribution in [2.75, 3.05) is 39.3 Å². The van der Waals surface area contributed by atoms with Crippen molar-refractivity contribution in [3.63, 3.8) is 0 Å². The molecule has 98 valence electrons. The molecule has 0 atom stereocenters. The van der Waals surface area contributed by atoms with E-state index < -0.39 is 0 Å². The summed E-state index contributed by atoms with van der Waals surface area (Å²) in [4.78, 5) is 16.6. The van der Waals surface area contributed by atoms with Gasteiger partial charge in [0.05, 0.1) is 0 Å². The standard InChI is InChI=1S/C14H26N2O/c1-12(17)14(2,3)11-16-8-6-15(7-9-16)10-13-4-5-13/h13H,4-11H2,1-3H3. The molecule has 0 spiro atoms. The Morgan fingerprint density at radius 1 is 1.12 bits per heavy atom. The summed E-state index contributed by atoms with van der Waals surface area (Å²) in [5.41, 5.74) is -0.182. The molecule has 1 heterocycles. The number of carbonyl (C=O) groups excluding carboxylic acids is 1. The van der Waals surface area contributed by atoms with Crippen LogP contribution in [0.2, 0.25) is 0 Å². The quantitative estimate of drug-likeness (QED) is 0.727. The van der Waals surface area contributed by atoms with Gasteiger partial charge in [0.1, 0.15) is 5.78 Å². The molecule has 1 aliphatic heterocycles. The Morgan fingerprint density at radius 2 is 1.65 bits per heavy atom. The Morgan fingerprint density at radius 3 is 2.12 bits per heavy atom. The highest BCUT2D eigenvalue weighted by molar-refractivity contribution is 5.81. The van der Waals surface area contributed by atoms with Crippen molar-refractivity contribution in [2.45, 2.75) is 33.6 Å². The van der Waals surface area contributed by atoms with Gasteiger partial charge in [0, 0.05) is 44.7 Å². The molecule has 3 heteroatoms. The van der Waals surface area contributed by atoms with Crippen LogP contribution in [0.1, 0.15) is 33.6 Å². The monoisotopic (exact) mass is 238 g/mol. The highest BCUT2D eigenvalue weighted by Gasteiger charge is 2.30. The van der Waals surface area contributed by atoms with Crippen LogP contribution in [0.4, 0.5) is 0 Å². The Balaban J connectivity index is 1.72. The summed E-state index contributed by atoms with van der Waals surface area (Å²) in [6.45, 7) is 12.7. The van der Waals surface area contributed by atoms with Crippen LogP contribution in [0, 0.1) is 11.3 Å². The molecule has 3 nitrogen and oxygen atoms in total. The largest absolute Gasteiger partial charge is 0.301 e. The molecule has 0 aromatic heterocycles. The summed E-state index contributed by atoms with van der Waals surface area (Å²) in [7, 11) is 0. The zero-order valence-corrected chi connectivity index (χ0v) is 11.5. The summed E-state index contributed by atoms with van der Waals surface area (Å²) in [6, 6.07) is 0. The van der Waals surface area contributed by atoms with Crippen LogP contribution in [-0.4, -0.2) is 54.9 Å². The first-order valence-electron chi connectivity index (χ1n) is 6.93. The van der Waals surface area contributed by atoms with E-state index in [-0.39, 0.29) is 5.41 Å². The van der Waals surface area contributed by atoms with Gasteiger partial charge in [-0.05, 0) is 25.7 Å². The van der Waals surface area contributed by atoms with Crippen molar-refractivity contribution in [3.8, 4) is 0 Å². The highest BCUT2D eigenvalue weighted by Crippen LogP contribution is 2.30. The fraction of sp³-hybridized carbons (Fsp3) is 0.929. The van der Waals surface area contributed by atoms with Gasteiger partial charge in [-0.25, -0.2) is 0 Å².